The summed E-state index contributed by atoms with van der Waals surface area (Å²) in [5, 5.41) is 18.9. The lowest BCUT2D eigenvalue weighted by Gasteiger charge is -2.27. The molecule has 0 heterocycles. The van der Waals surface area contributed by atoms with Crippen molar-refractivity contribution in [1.29, 1.82) is 5.41 Å². The Kier molecular flexibility index (Phi) is 10.9. The second-order valence-corrected chi connectivity index (χ2v) is 8.20. The van der Waals surface area contributed by atoms with Gasteiger partial charge in [-0.1, -0.05) is 68.3 Å². The van der Waals surface area contributed by atoms with E-state index in [2.05, 4.69) is 58.6 Å². The van der Waals surface area contributed by atoms with Gasteiger partial charge in [-0.15, -0.1) is 0 Å². The number of nitrogens with two attached hydrogens (primary N) is 1. The Bertz CT molecular complexity index is 920. The maximum Gasteiger partial charge on any atom is 0.410 e. The number of benzene rings is 2. The molecular formula is C26H36N4O4. The zero-order valence-corrected chi connectivity index (χ0v) is 20.0. The summed E-state index contributed by atoms with van der Waals surface area (Å²) < 4.78 is 4.67. The number of carboxylic acids is 1. The number of nitrogens with zero attached hydrogens (tertiary/aromatic N) is 1. The van der Waals surface area contributed by atoms with E-state index >= 15 is 0 Å². The van der Waals surface area contributed by atoms with Crippen LogP contribution >= 0.6 is 0 Å². The number of carbonyl (C=O) groups excluding carboxylic acids is 1. The smallest absolute Gasteiger partial charge is 0.410 e. The predicted molar refractivity (Wildman–Crippen MR) is 134 cm³/mol. The van der Waals surface area contributed by atoms with Gasteiger partial charge in [0.05, 0.1) is 7.11 Å². The van der Waals surface area contributed by atoms with Crippen LogP contribution in [0.3, 0.4) is 0 Å². The summed E-state index contributed by atoms with van der Waals surface area (Å²) in [6, 6.07) is 16.4. The molecule has 2 aromatic rings. The van der Waals surface area contributed by atoms with E-state index in [0.29, 0.717) is 19.5 Å². The Morgan fingerprint density at radius 2 is 1.68 bits per heavy atom. The van der Waals surface area contributed by atoms with Crippen LogP contribution < -0.4 is 11.1 Å². The summed E-state index contributed by atoms with van der Waals surface area (Å²) in [6.07, 6.45) is 3.88. The van der Waals surface area contributed by atoms with Crippen LogP contribution in [-0.4, -0.2) is 54.3 Å². The van der Waals surface area contributed by atoms with Crippen molar-refractivity contribution >= 4 is 18.0 Å². The second kappa shape index (κ2) is 13.9. The highest BCUT2D eigenvalue weighted by atomic mass is 16.5. The number of rotatable bonds is 10. The summed E-state index contributed by atoms with van der Waals surface area (Å²) >= 11 is 0. The third kappa shape index (κ3) is 7.79. The zero-order chi connectivity index (χ0) is 24.9. The maximum atomic E-state index is 11.8. The molecule has 1 aliphatic carbocycles. The molecule has 0 fully saturated rings. The number of hydrogen-bond donors (Lipinski definition) is 4. The summed E-state index contributed by atoms with van der Waals surface area (Å²) in [4.78, 5) is 24.4. The van der Waals surface area contributed by atoms with Crippen molar-refractivity contribution in [3.63, 3.8) is 0 Å². The number of aliphatic carboxylic acids is 1. The van der Waals surface area contributed by atoms with Gasteiger partial charge in [0.1, 0.15) is 6.04 Å². The Labute approximate surface area is 201 Å². The molecule has 0 saturated carbocycles. The van der Waals surface area contributed by atoms with Crippen LogP contribution in [0.15, 0.2) is 48.5 Å². The number of methoxy groups -OCH3 is 1. The molecule has 1 aliphatic rings. The van der Waals surface area contributed by atoms with Crippen LogP contribution in [0.4, 0.5) is 4.79 Å². The van der Waals surface area contributed by atoms with Crippen LogP contribution in [0.1, 0.15) is 50.2 Å². The highest BCUT2D eigenvalue weighted by molar-refractivity contribution is 5.80. The van der Waals surface area contributed by atoms with Crippen molar-refractivity contribution in [1.82, 2.24) is 10.2 Å². The number of carbonyl (C=O) groups is 2. The number of ether oxygens (including phenoxy) is 1. The van der Waals surface area contributed by atoms with Gasteiger partial charge in [-0.05, 0) is 47.9 Å². The number of hydrogen-bond acceptors (Lipinski definition) is 4. The van der Waals surface area contributed by atoms with Crippen molar-refractivity contribution in [2.75, 3.05) is 20.2 Å². The lowest BCUT2D eigenvalue weighted by Crippen LogP contribution is -2.46. The minimum Gasteiger partial charge on any atom is -0.480 e. The van der Waals surface area contributed by atoms with E-state index in [1.807, 2.05) is 6.92 Å². The predicted octanol–water partition coefficient (Wildman–Crippen LogP) is 4.22. The van der Waals surface area contributed by atoms with Gasteiger partial charge in [-0.2, -0.15) is 0 Å². The molecule has 8 nitrogen and oxygen atoms in total. The van der Waals surface area contributed by atoms with Crippen LogP contribution in [0, 0.1) is 5.41 Å². The van der Waals surface area contributed by atoms with E-state index < -0.39 is 18.1 Å². The van der Waals surface area contributed by atoms with Crippen LogP contribution in [0.25, 0.3) is 11.1 Å². The Morgan fingerprint density at radius 3 is 2.18 bits per heavy atom. The van der Waals surface area contributed by atoms with E-state index in [1.54, 1.807) is 0 Å². The topological polar surface area (TPSA) is 129 Å². The third-order valence-corrected chi connectivity index (χ3v) is 5.75. The fraction of sp³-hybridized carbons (Fsp3) is 0.423. The SMILES string of the molecule is CCCCCN(C(=O)OC)C(CCCNC(=N)N)C(=O)O.c1ccc2c(c1)Cc1ccccc1-2. The number of unbranched alkanes of at least 4 members (excludes halogenated alkanes) is 2. The highest BCUT2D eigenvalue weighted by Crippen LogP contribution is 2.35. The Morgan fingerprint density at radius 1 is 1.09 bits per heavy atom. The fourth-order valence-electron chi connectivity index (χ4n) is 4.03. The van der Waals surface area contributed by atoms with Gasteiger partial charge < -0.3 is 20.9 Å². The summed E-state index contributed by atoms with van der Waals surface area (Å²) in [6.45, 7) is 2.78. The van der Waals surface area contributed by atoms with Crippen LogP contribution in [0.2, 0.25) is 0 Å². The van der Waals surface area contributed by atoms with E-state index in [1.165, 1.54) is 34.3 Å². The van der Waals surface area contributed by atoms with Crippen molar-refractivity contribution in [3.05, 3.63) is 59.7 Å². The Balaban J connectivity index is 0.000000263. The van der Waals surface area contributed by atoms with Crippen molar-refractivity contribution < 1.29 is 19.4 Å². The van der Waals surface area contributed by atoms with Gasteiger partial charge >= 0.3 is 12.1 Å². The van der Waals surface area contributed by atoms with E-state index in [9.17, 15) is 14.7 Å². The van der Waals surface area contributed by atoms with Gasteiger partial charge in [0, 0.05) is 13.1 Å². The molecule has 0 saturated heterocycles. The van der Waals surface area contributed by atoms with Crippen molar-refractivity contribution in [2.45, 2.75) is 51.5 Å². The number of fused-ring (bicyclic) bond motifs is 3. The molecule has 0 bridgehead atoms. The summed E-state index contributed by atoms with van der Waals surface area (Å²) in [5.41, 5.74) is 10.9. The molecule has 1 atom stereocenters. The molecular weight excluding hydrogens is 432 g/mol. The standard InChI is InChI=1S/C13H26N4O4.C13H10/c1-3-4-5-9-17(13(20)21-2)10(11(18)19)7-6-8-16-12(14)15;1-3-7-12-10(5-1)9-11-6-2-4-8-13(11)12/h10H,3-9H2,1-2H3,(H,18,19)(H4,14,15,16);1-8H,9H2. The normalized spacial score (nSPS) is 11.8. The monoisotopic (exact) mass is 468 g/mol. The molecule has 1 amide bonds. The molecule has 0 aliphatic heterocycles. The molecule has 1 unspecified atom stereocenters. The Hall–Kier alpha value is -3.55. The first kappa shape index (κ1) is 26.7. The van der Waals surface area contributed by atoms with Crippen molar-refractivity contribution in [2.24, 2.45) is 5.73 Å². The van der Waals surface area contributed by atoms with Gasteiger partial charge in [0.15, 0.2) is 5.96 Å². The van der Waals surface area contributed by atoms with Gasteiger partial charge in [0.2, 0.25) is 0 Å². The fourth-order valence-corrected chi connectivity index (χ4v) is 4.03. The van der Waals surface area contributed by atoms with E-state index in [0.717, 1.165) is 25.7 Å². The average Bonchev–Trinajstić information content (AvgIpc) is 3.21. The second-order valence-electron chi connectivity index (χ2n) is 8.20. The minimum atomic E-state index is -1.06. The number of carboxylic acid groups (broad SMARTS) is 1. The summed E-state index contributed by atoms with van der Waals surface area (Å²) in [7, 11) is 1.24. The van der Waals surface area contributed by atoms with Crippen LogP contribution in [0.5, 0.6) is 0 Å². The van der Waals surface area contributed by atoms with Gasteiger partial charge in [-0.3, -0.25) is 10.3 Å². The molecule has 8 heteroatoms. The van der Waals surface area contributed by atoms with Gasteiger partial charge in [-0.25, -0.2) is 9.59 Å². The maximum absolute atomic E-state index is 11.8. The molecule has 3 rings (SSSR count). The van der Waals surface area contributed by atoms with Crippen molar-refractivity contribution in [3.8, 4) is 11.1 Å². The number of guanidine groups is 1. The zero-order valence-electron chi connectivity index (χ0n) is 20.0. The molecule has 184 valence electrons. The quantitative estimate of drug-likeness (QED) is 0.200. The van der Waals surface area contributed by atoms with Gasteiger partial charge in [0.25, 0.3) is 0 Å². The third-order valence-electron chi connectivity index (χ3n) is 5.75. The molecule has 0 aromatic heterocycles. The molecule has 0 radical (unpaired) electrons. The molecule has 34 heavy (non-hydrogen) atoms. The van der Waals surface area contributed by atoms with E-state index in [4.69, 9.17) is 11.1 Å². The minimum absolute atomic E-state index is 0.158. The van der Waals surface area contributed by atoms with E-state index in [-0.39, 0.29) is 12.4 Å². The first-order chi connectivity index (χ1) is 16.4. The lowest BCUT2D eigenvalue weighted by atomic mass is 10.1. The number of nitrogens with one attached hydrogen (secondary N) is 2. The first-order valence-corrected chi connectivity index (χ1v) is 11.7. The molecule has 0 spiro atoms. The average molecular weight is 469 g/mol. The first-order valence-electron chi connectivity index (χ1n) is 11.7. The largest absolute Gasteiger partial charge is 0.480 e. The summed E-state index contributed by atoms with van der Waals surface area (Å²) in [5.74, 6) is -1.21. The number of amides is 1. The molecule has 2 aromatic carbocycles. The highest BCUT2D eigenvalue weighted by Gasteiger charge is 2.29. The van der Waals surface area contributed by atoms with Crippen LogP contribution in [-0.2, 0) is 16.0 Å². The lowest BCUT2D eigenvalue weighted by molar-refractivity contribution is -0.143. The molecule has 5 N–H and O–H groups in total.